The molecule has 94 valence electrons. The van der Waals surface area contributed by atoms with Gasteiger partial charge in [-0.1, -0.05) is 18.0 Å². The minimum atomic E-state index is 0.471. The smallest absolute Gasteiger partial charge is 0.151 e. The van der Waals surface area contributed by atoms with Crippen LogP contribution >= 0.6 is 11.6 Å². The van der Waals surface area contributed by atoms with Crippen LogP contribution < -0.4 is 11.1 Å². The Kier molecular flexibility index (Phi) is 4.07. The van der Waals surface area contributed by atoms with Crippen molar-refractivity contribution in [3.63, 3.8) is 0 Å². The first-order valence-corrected chi connectivity index (χ1v) is 6.41. The molecule has 1 aromatic rings. The van der Waals surface area contributed by atoms with Gasteiger partial charge in [0.25, 0.3) is 0 Å². The number of nitrogen functional groups attached to an aromatic ring is 1. The number of hydrogen-bond donors (Lipinski definition) is 2. The van der Waals surface area contributed by atoms with Crippen LogP contribution in [0.25, 0.3) is 0 Å². The molecule has 1 aliphatic heterocycles. The van der Waals surface area contributed by atoms with Crippen LogP contribution in [0.3, 0.4) is 0 Å². The molecule has 0 saturated carbocycles. The highest BCUT2D eigenvalue weighted by Crippen LogP contribution is 2.20. The second-order valence-electron chi connectivity index (χ2n) is 4.58. The zero-order valence-corrected chi connectivity index (χ0v) is 10.9. The second kappa shape index (κ2) is 5.56. The van der Waals surface area contributed by atoms with E-state index in [0.29, 0.717) is 22.7 Å². The highest BCUT2D eigenvalue weighted by molar-refractivity contribution is 6.29. The third kappa shape index (κ3) is 3.23. The van der Waals surface area contributed by atoms with E-state index >= 15 is 0 Å². The number of likely N-dealkylation sites (tertiary alicyclic amines) is 1. The molecule has 1 fully saturated rings. The summed E-state index contributed by atoms with van der Waals surface area (Å²) in [6.07, 6.45) is 3.82. The van der Waals surface area contributed by atoms with E-state index in [1.807, 2.05) is 0 Å². The molecule has 2 rings (SSSR count). The Balaban J connectivity index is 1.94. The van der Waals surface area contributed by atoms with E-state index in [2.05, 4.69) is 22.2 Å². The largest absolute Gasteiger partial charge is 0.396 e. The number of hydrogen-bond acceptors (Lipinski definition) is 4. The lowest BCUT2D eigenvalue weighted by Gasteiger charge is -2.32. The molecule has 1 unspecified atom stereocenters. The van der Waals surface area contributed by atoms with Crippen molar-refractivity contribution in [2.75, 3.05) is 31.2 Å². The predicted octanol–water partition coefficient (Wildman–Crippen LogP) is 2.21. The van der Waals surface area contributed by atoms with E-state index < -0.39 is 0 Å². The standard InChI is InChI=1S/C12H19ClN4/c1-17-7-3-2-4-9(17)8-15-12-10(14)5-6-11(13)16-12/h5-6,9H,2-4,7-8,14H2,1H3,(H,15,16). The van der Waals surface area contributed by atoms with Crippen LogP contribution in [0, 0.1) is 0 Å². The Morgan fingerprint density at radius 3 is 3.12 bits per heavy atom. The number of aromatic nitrogens is 1. The van der Waals surface area contributed by atoms with E-state index in [-0.39, 0.29) is 0 Å². The molecule has 0 bridgehead atoms. The van der Waals surface area contributed by atoms with E-state index in [9.17, 15) is 0 Å². The quantitative estimate of drug-likeness (QED) is 0.813. The SMILES string of the molecule is CN1CCCCC1CNc1nc(Cl)ccc1N. The Bertz CT molecular complexity index is 383. The van der Waals surface area contributed by atoms with E-state index in [1.54, 1.807) is 12.1 Å². The van der Waals surface area contributed by atoms with Crippen molar-refractivity contribution in [1.82, 2.24) is 9.88 Å². The van der Waals surface area contributed by atoms with Gasteiger partial charge in [0.15, 0.2) is 5.82 Å². The van der Waals surface area contributed by atoms with Gasteiger partial charge in [-0.25, -0.2) is 4.98 Å². The van der Waals surface area contributed by atoms with Gasteiger partial charge in [-0.2, -0.15) is 0 Å². The summed E-state index contributed by atoms with van der Waals surface area (Å²) in [6, 6.07) is 4.04. The first kappa shape index (κ1) is 12.5. The Morgan fingerprint density at radius 1 is 1.53 bits per heavy atom. The Hall–Kier alpha value is -1.00. The maximum Gasteiger partial charge on any atom is 0.151 e. The van der Waals surface area contributed by atoms with E-state index in [0.717, 1.165) is 6.54 Å². The molecule has 0 spiro atoms. The summed E-state index contributed by atoms with van der Waals surface area (Å²) in [5.74, 6) is 0.691. The molecular weight excluding hydrogens is 236 g/mol. The van der Waals surface area contributed by atoms with Crippen LogP contribution in [0.2, 0.25) is 5.15 Å². The molecule has 0 amide bonds. The molecule has 0 aliphatic carbocycles. The monoisotopic (exact) mass is 254 g/mol. The first-order chi connectivity index (χ1) is 8.16. The maximum absolute atomic E-state index is 5.85. The number of nitrogens with zero attached hydrogens (tertiary/aromatic N) is 2. The van der Waals surface area contributed by atoms with Gasteiger partial charge in [0.05, 0.1) is 5.69 Å². The first-order valence-electron chi connectivity index (χ1n) is 6.03. The Morgan fingerprint density at radius 2 is 2.35 bits per heavy atom. The van der Waals surface area contributed by atoms with Gasteiger partial charge in [-0.05, 0) is 38.6 Å². The van der Waals surface area contributed by atoms with Gasteiger partial charge in [0, 0.05) is 12.6 Å². The number of nitrogens with one attached hydrogen (secondary N) is 1. The van der Waals surface area contributed by atoms with Crippen LogP contribution in [0.5, 0.6) is 0 Å². The fourth-order valence-corrected chi connectivity index (χ4v) is 2.35. The van der Waals surface area contributed by atoms with Crippen molar-refractivity contribution in [3.8, 4) is 0 Å². The highest BCUT2D eigenvalue weighted by Gasteiger charge is 2.18. The van der Waals surface area contributed by atoms with Crippen LogP contribution in [0.4, 0.5) is 11.5 Å². The number of pyridine rings is 1. The zero-order valence-electron chi connectivity index (χ0n) is 10.1. The predicted molar refractivity (Wildman–Crippen MR) is 72.4 cm³/mol. The van der Waals surface area contributed by atoms with Gasteiger partial charge in [0.2, 0.25) is 0 Å². The Labute approximate surface area is 107 Å². The molecule has 4 nitrogen and oxygen atoms in total. The number of nitrogens with two attached hydrogens (primary N) is 1. The third-order valence-electron chi connectivity index (χ3n) is 3.32. The number of likely N-dealkylation sites (N-methyl/N-ethyl adjacent to an activating group) is 1. The van der Waals surface area contributed by atoms with Crippen LogP contribution in [0.15, 0.2) is 12.1 Å². The van der Waals surface area contributed by atoms with Gasteiger partial charge >= 0.3 is 0 Å². The third-order valence-corrected chi connectivity index (χ3v) is 3.53. The molecule has 1 aromatic heterocycles. The maximum atomic E-state index is 5.85. The summed E-state index contributed by atoms with van der Waals surface area (Å²) < 4.78 is 0. The van der Waals surface area contributed by atoms with Crippen molar-refractivity contribution in [2.45, 2.75) is 25.3 Å². The molecule has 1 atom stereocenters. The van der Waals surface area contributed by atoms with Crippen LogP contribution in [-0.2, 0) is 0 Å². The van der Waals surface area contributed by atoms with E-state index in [1.165, 1.54) is 25.8 Å². The summed E-state index contributed by atoms with van der Waals surface area (Å²) in [4.78, 5) is 6.58. The normalized spacial score (nSPS) is 21.4. The van der Waals surface area contributed by atoms with Crippen molar-refractivity contribution in [3.05, 3.63) is 17.3 Å². The van der Waals surface area contributed by atoms with Gasteiger partial charge < -0.3 is 16.0 Å². The molecule has 1 aliphatic rings. The number of rotatable bonds is 3. The summed E-state index contributed by atoms with van der Waals surface area (Å²) >= 11 is 5.85. The summed E-state index contributed by atoms with van der Waals surface area (Å²) in [6.45, 7) is 2.04. The minimum Gasteiger partial charge on any atom is -0.396 e. The molecule has 0 radical (unpaired) electrons. The molecule has 2 heterocycles. The van der Waals surface area contributed by atoms with Crippen molar-refractivity contribution in [1.29, 1.82) is 0 Å². The fourth-order valence-electron chi connectivity index (χ4n) is 2.20. The summed E-state index contributed by atoms with van der Waals surface area (Å²) in [7, 11) is 2.17. The fraction of sp³-hybridized carbons (Fsp3) is 0.583. The van der Waals surface area contributed by atoms with Gasteiger partial charge in [0.1, 0.15) is 5.15 Å². The molecule has 0 aromatic carbocycles. The van der Waals surface area contributed by atoms with Gasteiger partial charge in [-0.3, -0.25) is 0 Å². The average molecular weight is 255 g/mol. The lowest BCUT2D eigenvalue weighted by atomic mass is 10.0. The second-order valence-corrected chi connectivity index (χ2v) is 4.97. The molecule has 3 N–H and O–H groups in total. The number of halogens is 1. The molecule has 1 saturated heterocycles. The lowest BCUT2D eigenvalue weighted by molar-refractivity contribution is 0.194. The topological polar surface area (TPSA) is 54.2 Å². The van der Waals surface area contributed by atoms with Crippen molar-refractivity contribution >= 4 is 23.1 Å². The lowest BCUT2D eigenvalue weighted by Crippen LogP contribution is -2.40. The van der Waals surface area contributed by atoms with Crippen molar-refractivity contribution in [2.24, 2.45) is 0 Å². The zero-order chi connectivity index (χ0) is 12.3. The van der Waals surface area contributed by atoms with Crippen LogP contribution in [-0.4, -0.2) is 36.1 Å². The molecule has 5 heteroatoms. The highest BCUT2D eigenvalue weighted by atomic mass is 35.5. The average Bonchev–Trinajstić information content (AvgIpc) is 2.32. The molecule has 17 heavy (non-hydrogen) atoms. The van der Waals surface area contributed by atoms with Gasteiger partial charge in [-0.15, -0.1) is 0 Å². The number of anilines is 2. The minimum absolute atomic E-state index is 0.471. The summed E-state index contributed by atoms with van der Waals surface area (Å²) in [5.41, 5.74) is 6.49. The molecular formula is C12H19ClN4. The van der Waals surface area contributed by atoms with Crippen molar-refractivity contribution < 1.29 is 0 Å². The summed E-state index contributed by atoms with van der Waals surface area (Å²) in [5, 5.41) is 3.76. The van der Waals surface area contributed by atoms with E-state index in [4.69, 9.17) is 17.3 Å². The van der Waals surface area contributed by atoms with Crippen LogP contribution in [0.1, 0.15) is 19.3 Å². The number of piperidine rings is 1.